The Hall–Kier alpha value is -2.88. The molecule has 0 bridgehead atoms. The summed E-state index contributed by atoms with van der Waals surface area (Å²) in [5, 5.41) is 13.0. The minimum Gasteiger partial charge on any atom is -0.325 e. The fraction of sp³-hybridized carbons (Fsp3) is 0.150. The summed E-state index contributed by atoms with van der Waals surface area (Å²) in [6.07, 6.45) is 1.26. The second-order valence-electron chi connectivity index (χ2n) is 6.77. The average molecular weight is 480 g/mol. The van der Waals surface area contributed by atoms with Crippen LogP contribution in [-0.2, 0) is 9.59 Å². The Balaban J connectivity index is 1.78. The third-order valence-corrected chi connectivity index (χ3v) is 5.77. The summed E-state index contributed by atoms with van der Waals surface area (Å²) in [6, 6.07) is 7.80. The molecule has 1 saturated heterocycles. The van der Waals surface area contributed by atoms with E-state index in [2.05, 4.69) is 5.32 Å². The minimum atomic E-state index is -0.695. The molecule has 0 aromatic heterocycles. The fourth-order valence-electron chi connectivity index (χ4n) is 2.97. The van der Waals surface area contributed by atoms with Gasteiger partial charge in [0, 0.05) is 22.3 Å². The maximum absolute atomic E-state index is 12.6. The molecule has 160 valence electrons. The van der Waals surface area contributed by atoms with Crippen molar-refractivity contribution in [1.82, 2.24) is 4.90 Å². The Kier molecular flexibility index (Phi) is 6.68. The van der Waals surface area contributed by atoms with Gasteiger partial charge in [-0.25, -0.2) is 0 Å². The molecule has 1 fully saturated rings. The first-order valence-electron chi connectivity index (χ1n) is 8.82. The number of nitro groups is 1. The molecule has 31 heavy (non-hydrogen) atoms. The average Bonchev–Trinajstić information content (AvgIpc) is 2.90. The Morgan fingerprint density at radius 1 is 1.13 bits per heavy atom. The molecular formula is C20H15Cl2N3O5S. The smallest absolute Gasteiger partial charge is 0.294 e. The molecular weight excluding hydrogens is 465 g/mol. The Bertz CT molecular complexity index is 1150. The zero-order chi connectivity index (χ0) is 22.9. The summed E-state index contributed by atoms with van der Waals surface area (Å²) < 4.78 is 0. The van der Waals surface area contributed by atoms with Gasteiger partial charge in [-0.15, -0.1) is 0 Å². The standard InChI is InChI=1S/C20H15Cl2N3O5S/c1-10-3-11(2)5-13(4-10)23-18(26)9-24-19(27)17(31-20(24)28)7-12-6-16(25(29)30)15(22)8-14(12)21/h3-8H,9H2,1-2H3,(H,23,26)/b17-7-. The number of aryl methyl sites for hydroxylation is 2. The van der Waals surface area contributed by atoms with Crippen molar-refractivity contribution in [2.24, 2.45) is 0 Å². The first kappa shape index (κ1) is 22.8. The number of amides is 3. The number of carbonyl (C=O) groups excluding carboxylic acids is 3. The lowest BCUT2D eigenvalue weighted by Crippen LogP contribution is -2.36. The van der Waals surface area contributed by atoms with Crippen LogP contribution < -0.4 is 5.32 Å². The number of carbonyl (C=O) groups is 3. The molecule has 1 N–H and O–H groups in total. The normalized spacial score (nSPS) is 15.0. The molecule has 0 aliphatic carbocycles. The Morgan fingerprint density at radius 2 is 1.77 bits per heavy atom. The summed E-state index contributed by atoms with van der Waals surface area (Å²) in [6.45, 7) is 3.30. The van der Waals surface area contributed by atoms with Crippen molar-refractivity contribution >= 4 is 69.5 Å². The Labute approximate surface area is 191 Å². The van der Waals surface area contributed by atoms with Crippen LogP contribution in [0, 0.1) is 24.0 Å². The molecule has 1 aliphatic rings. The zero-order valence-corrected chi connectivity index (χ0v) is 18.6. The maximum Gasteiger partial charge on any atom is 0.294 e. The molecule has 3 rings (SSSR count). The zero-order valence-electron chi connectivity index (χ0n) is 16.3. The highest BCUT2D eigenvalue weighted by Gasteiger charge is 2.36. The fourth-order valence-corrected chi connectivity index (χ4v) is 4.31. The van der Waals surface area contributed by atoms with Gasteiger partial charge < -0.3 is 5.32 Å². The number of thioether (sulfide) groups is 1. The van der Waals surface area contributed by atoms with E-state index < -0.39 is 28.5 Å². The number of nitro benzene ring substituents is 1. The third kappa shape index (κ3) is 5.25. The molecule has 3 amide bonds. The van der Waals surface area contributed by atoms with E-state index in [-0.39, 0.29) is 26.2 Å². The number of benzene rings is 2. The van der Waals surface area contributed by atoms with Gasteiger partial charge in [-0.2, -0.15) is 0 Å². The van der Waals surface area contributed by atoms with Crippen molar-refractivity contribution < 1.29 is 19.3 Å². The SMILES string of the molecule is Cc1cc(C)cc(NC(=O)CN2C(=O)S/C(=C\c3cc([N+](=O)[O-])c(Cl)cc3Cl)C2=O)c1. The second-order valence-corrected chi connectivity index (χ2v) is 8.58. The predicted octanol–water partition coefficient (Wildman–Crippen LogP) is 5.19. The van der Waals surface area contributed by atoms with Crippen LogP contribution in [-0.4, -0.2) is 33.4 Å². The van der Waals surface area contributed by atoms with Gasteiger partial charge in [-0.1, -0.05) is 29.3 Å². The van der Waals surface area contributed by atoms with Crippen LogP contribution in [0.2, 0.25) is 10.0 Å². The third-order valence-electron chi connectivity index (χ3n) is 4.23. The van der Waals surface area contributed by atoms with Crippen molar-refractivity contribution in [2.45, 2.75) is 13.8 Å². The van der Waals surface area contributed by atoms with Crippen molar-refractivity contribution in [1.29, 1.82) is 0 Å². The molecule has 0 unspecified atom stereocenters. The molecule has 1 aliphatic heterocycles. The van der Waals surface area contributed by atoms with Crippen molar-refractivity contribution in [3.8, 4) is 0 Å². The summed E-state index contributed by atoms with van der Waals surface area (Å²) in [5.74, 6) is -1.23. The number of halogens is 2. The molecule has 0 atom stereocenters. The van der Waals surface area contributed by atoms with E-state index in [1.807, 2.05) is 19.9 Å². The number of nitrogens with zero attached hydrogens (tertiary/aromatic N) is 2. The lowest BCUT2D eigenvalue weighted by molar-refractivity contribution is -0.384. The monoisotopic (exact) mass is 479 g/mol. The lowest BCUT2D eigenvalue weighted by Gasteiger charge is -2.13. The Morgan fingerprint density at radius 3 is 2.39 bits per heavy atom. The van der Waals surface area contributed by atoms with Crippen molar-refractivity contribution in [3.63, 3.8) is 0 Å². The molecule has 0 saturated carbocycles. The van der Waals surface area contributed by atoms with Crippen LogP contribution in [0.1, 0.15) is 16.7 Å². The summed E-state index contributed by atoms with van der Waals surface area (Å²) in [5.41, 5.74) is 2.24. The van der Waals surface area contributed by atoms with E-state index in [0.29, 0.717) is 17.4 Å². The van der Waals surface area contributed by atoms with E-state index in [0.717, 1.165) is 22.1 Å². The van der Waals surface area contributed by atoms with E-state index in [1.54, 1.807) is 12.1 Å². The van der Waals surface area contributed by atoms with E-state index in [1.165, 1.54) is 12.1 Å². The van der Waals surface area contributed by atoms with E-state index in [4.69, 9.17) is 23.2 Å². The number of rotatable bonds is 5. The quantitative estimate of drug-likeness (QED) is 0.358. The highest BCUT2D eigenvalue weighted by atomic mass is 35.5. The number of imide groups is 1. The number of hydrogen-bond acceptors (Lipinski definition) is 6. The van der Waals surface area contributed by atoms with Crippen LogP contribution in [0.5, 0.6) is 0 Å². The van der Waals surface area contributed by atoms with Gasteiger partial charge in [-0.3, -0.25) is 29.4 Å². The van der Waals surface area contributed by atoms with Gasteiger partial charge >= 0.3 is 0 Å². The molecule has 2 aromatic rings. The summed E-state index contributed by atoms with van der Waals surface area (Å²) in [7, 11) is 0. The van der Waals surface area contributed by atoms with Crippen LogP contribution >= 0.6 is 35.0 Å². The van der Waals surface area contributed by atoms with Crippen LogP contribution in [0.15, 0.2) is 35.2 Å². The summed E-state index contributed by atoms with van der Waals surface area (Å²) >= 11 is 12.5. The maximum atomic E-state index is 12.6. The van der Waals surface area contributed by atoms with Gasteiger partial charge in [0.15, 0.2) is 0 Å². The lowest BCUT2D eigenvalue weighted by atomic mass is 10.1. The largest absolute Gasteiger partial charge is 0.325 e. The van der Waals surface area contributed by atoms with Gasteiger partial charge in [-0.05, 0) is 61.0 Å². The number of hydrogen-bond donors (Lipinski definition) is 1. The van der Waals surface area contributed by atoms with E-state index in [9.17, 15) is 24.5 Å². The molecule has 1 heterocycles. The highest BCUT2D eigenvalue weighted by molar-refractivity contribution is 8.18. The van der Waals surface area contributed by atoms with Crippen molar-refractivity contribution in [3.05, 3.63) is 72.1 Å². The van der Waals surface area contributed by atoms with Crippen LogP contribution in [0.25, 0.3) is 6.08 Å². The first-order chi connectivity index (χ1) is 14.5. The van der Waals surface area contributed by atoms with Crippen LogP contribution in [0.4, 0.5) is 16.2 Å². The highest BCUT2D eigenvalue weighted by Crippen LogP contribution is 2.36. The molecule has 11 heteroatoms. The number of nitrogens with one attached hydrogen (secondary N) is 1. The molecule has 2 aromatic carbocycles. The minimum absolute atomic E-state index is 0.0114. The molecule has 8 nitrogen and oxygen atoms in total. The summed E-state index contributed by atoms with van der Waals surface area (Å²) in [4.78, 5) is 48.5. The van der Waals surface area contributed by atoms with Gasteiger partial charge in [0.2, 0.25) is 5.91 Å². The van der Waals surface area contributed by atoms with Gasteiger partial charge in [0.1, 0.15) is 11.6 Å². The topological polar surface area (TPSA) is 110 Å². The molecule has 0 radical (unpaired) electrons. The predicted molar refractivity (Wildman–Crippen MR) is 120 cm³/mol. The second kappa shape index (κ2) is 9.09. The van der Waals surface area contributed by atoms with E-state index >= 15 is 0 Å². The van der Waals surface area contributed by atoms with Crippen molar-refractivity contribution in [2.75, 3.05) is 11.9 Å². The number of anilines is 1. The van der Waals surface area contributed by atoms with Gasteiger partial charge in [0.05, 0.1) is 9.83 Å². The molecule has 0 spiro atoms. The van der Waals surface area contributed by atoms with Gasteiger partial charge in [0.25, 0.3) is 16.8 Å². The first-order valence-corrected chi connectivity index (χ1v) is 10.4. The van der Waals surface area contributed by atoms with Crippen LogP contribution in [0.3, 0.4) is 0 Å².